The molecule has 142 valence electrons. The molecule has 4 aliphatic heterocycles. The molecule has 0 aliphatic carbocycles. The zero-order valence-electron chi connectivity index (χ0n) is 16.2. The van der Waals surface area contributed by atoms with Gasteiger partial charge in [0.25, 0.3) is 0 Å². The molecule has 5 heteroatoms. The van der Waals surface area contributed by atoms with Crippen LogP contribution >= 0.6 is 7.92 Å². The monoisotopic (exact) mass is 448 g/mol. The number of benzene rings is 2. The normalized spacial score (nSPS) is 42.4. The predicted octanol–water partition coefficient (Wildman–Crippen LogP) is 3.18. The van der Waals surface area contributed by atoms with Crippen molar-refractivity contribution >= 4 is 37.1 Å². The van der Waals surface area contributed by atoms with Crippen molar-refractivity contribution in [2.45, 2.75) is 62.8 Å². The van der Waals surface area contributed by atoms with Crippen LogP contribution < -0.4 is 14.2 Å². The quantitative estimate of drug-likeness (QED) is 0.535. The van der Waals surface area contributed by atoms with E-state index in [4.69, 9.17) is 14.2 Å². The van der Waals surface area contributed by atoms with E-state index in [2.05, 4.69) is 82.3 Å². The van der Waals surface area contributed by atoms with Crippen molar-refractivity contribution in [3.63, 3.8) is 0 Å². The summed E-state index contributed by atoms with van der Waals surface area (Å²) in [6.07, 6.45) is 1.56. The Bertz CT molecular complexity index is 842. The van der Waals surface area contributed by atoms with Gasteiger partial charge >= 0.3 is 169 Å². The molecule has 0 spiro atoms. The standard InChI is InChI=1S/C22H25O3PSe/c1-19-14-21(3)25-20(2,23-19)15-22(4,24-19)26(21)17-12-8-9-13-18(17)27-16-10-6-5-7-11-16/h5-13H,14-15H2,1-4H3/t19-,20-,21+,22+/m1/s1. The molecular weight excluding hydrogens is 422 g/mol. The van der Waals surface area contributed by atoms with Gasteiger partial charge in [-0.15, -0.1) is 0 Å². The molecule has 6 rings (SSSR count). The molecule has 0 saturated carbocycles. The summed E-state index contributed by atoms with van der Waals surface area (Å²) in [6, 6.07) is 19.7. The summed E-state index contributed by atoms with van der Waals surface area (Å²) in [4.78, 5) is 0. The van der Waals surface area contributed by atoms with Gasteiger partial charge in [0.1, 0.15) is 0 Å². The molecule has 0 N–H and O–H groups in total. The van der Waals surface area contributed by atoms with Crippen LogP contribution in [-0.2, 0) is 14.2 Å². The number of hydrogen-bond donors (Lipinski definition) is 0. The average molecular weight is 447 g/mol. The van der Waals surface area contributed by atoms with Crippen molar-refractivity contribution in [3.05, 3.63) is 54.6 Å². The van der Waals surface area contributed by atoms with Gasteiger partial charge in [-0.05, 0) is 0 Å². The summed E-state index contributed by atoms with van der Waals surface area (Å²) >= 11 is 0.270. The van der Waals surface area contributed by atoms with Crippen LogP contribution in [0.2, 0.25) is 0 Å². The minimum atomic E-state index is -0.655. The molecule has 0 aromatic heterocycles. The van der Waals surface area contributed by atoms with Crippen molar-refractivity contribution in [3.8, 4) is 0 Å². The van der Waals surface area contributed by atoms with Gasteiger partial charge in [-0.2, -0.15) is 0 Å². The minimum absolute atomic E-state index is 0.231. The van der Waals surface area contributed by atoms with Gasteiger partial charge in [-0.25, -0.2) is 0 Å². The van der Waals surface area contributed by atoms with Gasteiger partial charge in [0.15, 0.2) is 0 Å². The van der Waals surface area contributed by atoms with Crippen LogP contribution in [0.3, 0.4) is 0 Å². The zero-order valence-corrected chi connectivity index (χ0v) is 18.8. The molecule has 2 aromatic rings. The van der Waals surface area contributed by atoms with E-state index in [-0.39, 0.29) is 25.6 Å². The van der Waals surface area contributed by atoms with Gasteiger partial charge in [0.2, 0.25) is 0 Å². The first-order chi connectivity index (χ1) is 12.7. The molecule has 27 heavy (non-hydrogen) atoms. The third-order valence-corrected chi connectivity index (χ3v) is 11.5. The predicted molar refractivity (Wildman–Crippen MR) is 111 cm³/mol. The first-order valence-corrected chi connectivity index (χ1v) is 12.5. The molecule has 0 radical (unpaired) electrons. The Morgan fingerprint density at radius 2 is 1.30 bits per heavy atom. The fourth-order valence-corrected chi connectivity index (χ4v) is 12.1. The van der Waals surface area contributed by atoms with Crippen molar-refractivity contribution in [2.24, 2.45) is 0 Å². The van der Waals surface area contributed by atoms with Crippen molar-refractivity contribution in [2.75, 3.05) is 0 Å². The molecule has 0 unspecified atom stereocenters. The second-order valence-electron chi connectivity index (χ2n) is 8.50. The summed E-state index contributed by atoms with van der Waals surface area (Å²) in [6.45, 7) is 8.72. The van der Waals surface area contributed by atoms with Gasteiger partial charge in [-0.1, -0.05) is 0 Å². The number of rotatable bonds is 3. The third kappa shape index (κ3) is 2.94. The fraction of sp³-hybridized carbons (Fsp3) is 0.455. The summed E-state index contributed by atoms with van der Waals surface area (Å²) in [5.74, 6) is -1.10. The number of ether oxygens (including phenoxy) is 3. The van der Waals surface area contributed by atoms with E-state index < -0.39 is 19.5 Å². The Morgan fingerprint density at radius 1 is 0.741 bits per heavy atom. The molecule has 4 aliphatic rings. The van der Waals surface area contributed by atoms with Crippen LogP contribution in [-0.4, -0.2) is 37.2 Å². The second-order valence-corrected chi connectivity index (χ2v) is 13.9. The fourth-order valence-electron chi connectivity index (χ4n) is 5.44. The molecule has 4 bridgehead atoms. The second kappa shape index (κ2) is 5.89. The van der Waals surface area contributed by atoms with E-state index in [1.54, 1.807) is 0 Å². The van der Waals surface area contributed by atoms with E-state index in [1.807, 2.05) is 0 Å². The van der Waals surface area contributed by atoms with Crippen LogP contribution in [0.15, 0.2) is 54.6 Å². The van der Waals surface area contributed by atoms with Crippen LogP contribution in [0.25, 0.3) is 0 Å². The average Bonchev–Trinajstić information content (AvgIpc) is 2.53. The molecule has 4 saturated heterocycles. The summed E-state index contributed by atoms with van der Waals surface area (Å²) in [7, 11) is -0.655. The van der Waals surface area contributed by atoms with E-state index in [9.17, 15) is 0 Å². The molecule has 0 amide bonds. The van der Waals surface area contributed by atoms with Crippen LogP contribution in [0.5, 0.6) is 0 Å². The maximum atomic E-state index is 6.63. The molecule has 2 aromatic carbocycles. The topological polar surface area (TPSA) is 27.7 Å². The Hall–Kier alpha value is -0.731. The summed E-state index contributed by atoms with van der Waals surface area (Å²) < 4.78 is 22.3. The maximum absolute atomic E-state index is 6.63. The van der Waals surface area contributed by atoms with E-state index in [1.165, 1.54) is 14.2 Å². The van der Waals surface area contributed by atoms with Crippen LogP contribution in [0.1, 0.15) is 40.5 Å². The summed E-state index contributed by atoms with van der Waals surface area (Å²) in [5.41, 5.74) is 0. The van der Waals surface area contributed by atoms with Gasteiger partial charge in [-0.3, -0.25) is 0 Å². The summed E-state index contributed by atoms with van der Waals surface area (Å²) in [5, 5.41) is 0.975. The van der Waals surface area contributed by atoms with E-state index in [0.717, 1.165) is 12.8 Å². The van der Waals surface area contributed by atoms with E-state index >= 15 is 0 Å². The first kappa shape index (κ1) is 18.3. The van der Waals surface area contributed by atoms with Crippen molar-refractivity contribution in [1.29, 1.82) is 0 Å². The Labute approximate surface area is 168 Å². The molecule has 4 heterocycles. The number of hydrogen-bond acceptors (Lipinski definition) is 3. The molecule has 4 atom stereocenters. The van der Waals surface area contributed by atoms with Crippen molar-refractivity contribution in [1.82, 2.24) is 0 Å². The zero-order chi connectivity index (χ0) is 18.9. The van der Waals surface area contributed by atoms with E-state index in [0.29, 0.717) is 0 Å². The van der Waals surface area contributed by atoms with Gasteiger partial charge < -0.3 is 0 Å². The third-order valence-electron chi connectivity index (χ3n) is 5.62. The Balaban J connectivity index is 1.60. The Kier molecular flexibility index (Phi) is 3.99. The Morgan fingerprint density at radius 3 is 1.93 bits per heavy atom. The van der Waals surface area contributed by atoms with Gasteiger partial charge in [0.05, 0.1) is 0 Å². The molecular formula is C22H25O3PSe. The first-order valence-electron chi connectivity index (χ1n) is 9.46. The molecule has 4 fully saturated rings. The van der Waals surface area contributed by atoms with Crippen LogP contribution in [0, 0.1) is 0 Å². The SMILES string of the molecule is C[C@]12C[C@@]3(C)O[C@](C)(C[C@@](C)(O1)P3c1ccccc1[Se]c1ccccc1)O2. The van der Waals surface area contributed by atoms with Crippen LogP contribution in [0.4, 0.5) is 0 Å². The van der Waals surface area contributed by atoms with Gasteiger partial charge in [0, 0.05) is 0 Å². The molecule has 3 nitrogen and oxygen atoms in total. The van der Waals surface area contributed by atoms with Crippen molar-refractivity contribution < 1.29 is 14.2 Å².